The highest BCUT2D eigenvalue weighted by Gasteiger charge is 2.15. The van der Waals surface area contributed by atoms with E-state index < -0.39 is 10.0 Å². The first-order valence-electron chi connectivity index (χ1n) is 6.80. The van der Waals surface area contributed by atoms with E-state index in [9.17, 15) is 8.42 Å². The monoisotopic (exact) mass is 321 g/mol. The van der Waals surface area contributed by atoms with Crippen LogP contribution in [0.1, 0.15) is 12.8 Å². The van der Waals surface area contributed by atoms with Crippen molar-refractivity contribution in [2.24, 2.45) is 0 Å². The van der Waals surface area contributed by atoms with E-state index in [2.05, 4.69) is 9.82 Å². The molecule has 0 aliphatic heterocycles. The molecule has 0 aliphatic carbocycles. The molecular weight excluding hydrogens is 298 g/mol. The second-order valence-corrected chi connectivity index (χ2v) is 6.14. The zero-order valence-electron chi connectivity index (χ0n) is 12.2. The van der Waals surface area contributed by atoms with Crippen molar-refractivity contribution in [1.29, 1.82) is 0 Å². The third kappa shape index (κ3) is 7.00. The first kappa shape index (κ1) is 18.1. The van der Waals surface area contributed by atoms with E-state index in [1.807, 2.05) is 0 Å². The molecule has 0 unspecified atom stereocenters. The van der Waals surface area contributed by atoms with Crippen LogP contribution < -0.4 is 4.72 Å². The van der Waals surface area contributed by atoms with Gasteiger partial charge in [-0.1, -0.05) is 0 Å². The van der Waals surface area contributed by atoms with Gasteiger partial charge in [-0.05, 0) is 12.8 Å². The smallest absolute Gasteiger partial charge is 0.243 e. The van der Waals surface area contributed by atoms with Gasteiger partial charge in [0.1, 0.15) is 4.90 Å². The number of hydrogen-bond donors (Lipinski definition) is 2. The highest BCUT2D eigenvalue weighted by Crippen LogP contribution is 2.07. The highest BCUT2D eigenvalue weighted by atomic mass is 32.2. The van der Waals surface area contributed by atoms with E-state index in [1.54, 1.807) is 7.11 Å². The molecule has 0 fully saturated rings. The lowest BCUT2D eigenvalue weighted by Crippen LogP contribution is -2.25. The Morgan fingerprint density at radius 3 is 2.86 bits per heavy atom. The Labute approximate surface area is 125 Å². The molecule has 0 saturated heterocycles. The number of ether oxygens (including phenoxy) is 2. The maximum Gasteiger partial charge on any atom is 0.243 e. The molecule has 0 atom stereocenters. The second-order valence-electron chi connectivity index (χ2n) is 4.37. The zero-order valence-corrected chi connectivity index (χ0v) is 13.0. The summed E-state index contributed by atoms with van der Waals surface area (Å²) in [5, 5.41) is 12.7. The predicted molar refractivity (Wildman–Crippen MR) is 76.4 cm³/mol. The van der Waals surface area contributed by atoms with Crippen LogP contribution >= 0.6 is 0 Å². The van der Waals surface area contributed by atoms with Crippen molar-refractivity contribution in [3.05, 3.63) is 12.4 Å². The molecule has 21 heavy (non-hydrogen) atoms. The minimum Gasteiger partial charge on any atom is -0.396 e. The normalized spacial score (nSPS) is 11.9. The molecule has 1 aromatic heterocycles. The van der Waals surface area contributed by atoms with Gasteiger partial charge in [0.25, 0.3) is 0 Å². The van der Waals surface area contributed by atoms with Crippen LogP contribution in [0.3, 0.4) is 0 Å². The molecule has 2 N–H and O–H groups in total. The fourth-order valence-electron chi connectivity index (χ4n) is 1.55. The summed E-state index contributed by atoms with van der Waals surface area (Å²) in [5.41, 5.74) is 0. The lowest BCUT2D eigenvalue weighted by Gasteiger charge is -2.05. The summed E-state index contributed by atoms with van der Waals surface area (Å²) in [7, 11) is -1.94. The fourth-order valence-corrected chi connectivity index (χ4v) is 2.57. The number of sulfonamides is 1. The van der Waals surface area contributed by atoms with Crippen LogP contribution in [-0.2, 0) is 26.0 Å². The summed E-state index contributed by atoms with van der Waals surface area (Å²) in [5.74, 6) is 0. The minimum absolute atomic E-state index is 0.0449. The van der Waals surface area contributed by atoms with Crippen LogP contribution in [0.25, 0.3) is 0 Å². The minimum atomic E-state index is -3.54. The van der Waals surface area contributed by atoms with Crippen LogP contribution in [0.15, 0.2) is 17.3 Å². The Morgan fingerprint density at radius 2 is 2.14 bits per heavy atom. The zero-order chi connectivity index (χ0) is 15.6. The Hall–Kier alpha value is -1.00. The van der Waals surface area contributed by atoms with Crippen LogP contribution in [0.2, 0.25) is 0 Å². The predicted octanol–water partition coefficient (Wildman–Crippen LogP) is -0.403. The fraction of sp³-hybridized carbons (Fsp3) is 0.750. The van der Waals surface area contributed by atoms with Crippen LogP contribution in [0, 0.1) is 0 Å². The number of aryl methyl sites for hydroxylation is 1. The van der Waals surface area contributed by atoms with Gasteiger partial charge >= 0.3 is 0 Å². The van der Waals surface area contributed by atoms with E-state index in [0.717, 1.165) is 0 Å². The lowest BCUT2D eigenvalue weighted by atomic mass is 10.5. The van der Waals surface area contributed by atoms with E-state index in [-0.39, 0.29) is 11.5 Å². The van der Waals surface area contributed by atoms with Gasteiger partial charge < -0.3 is 14.6 Å². The molecule has 0 aromatic carbocycles. The molecule has 9 heteroatoms. The van der Waals surface area contributed by atoms with Gasteiger partial charge in [-0.3, -0.25) is 4.68 Å². The number of nitrogens with one attached hydrogen (secondary N) is 1. The molecule has 0 saturated carbocycles. The molecule has 1 aromatic rings. The summed E-state index contributed by atoms with van der Waals surface area (Å²) in [6.07, 6.45) is 3.87. The summed E-state index contributed by atoms with van der Waals surface area (Å²) in [6.45, 7) is 2.33. The van der Waals surface area contributed by atoms with Crippen molar-refractivity contribution in [2.75, 3.05) is 40.1 Å². The molecule has 0 radical (unpaired) electrons. The van der Waals surface area contributed by atoms with Gasteiger partial charge in [-0.2, -0.15) is 5.10 Å². The number of rotatable bonds is 12. The maximum absolute atomic E-state index is 12.0. The Bertz CT molecular complexity index is 489. The highest BCUT2D eigenvalue weighted by molar-refractivity contribution is 7.89. The lowest BCUT2D eigenvalue weighted by molar-refractivity contribution is 0.0699. The van der Waals surface area contributed by atoms with E-state index in [1.165, 1.54) is 17.1 Å². The van der Waals surface area contributed by atoms with Crippen molar-refractivity contribution < 1.29 is 23.0 Å². The van der Waals surface area contributed by atoms with Crippen molar-refractivity contribution in [3.63, 3.8) is 0 Å². The summed E-state index contributed by atoms with van der Waals surface area (Å²) in [6, 6.07) is 0. The first-order valence-corrected chi connectivity index (χ1v) is 8.28. The van der Waals surface area contributed by atoms with Crippen molar-refractivity contribution in [2.45, 2.75) is 24.3 Å². The molecule has 1 rings (SSSR count). The first-order chi connectivity index (χ1) is 10.1. The number of nitrogens with zero attached hydrogens (tertiary/aromatic N) is 2. The molecule has 0 bridgehead atoms. The summed E-state index contributed by atoms with van der Waals surface area (Å²) < 4.78 is 38.0. The Balaban J connectivity index is 2.31. The Kier molecular flexibility index (Phi) is 8.47. The van der Waals surface area contributed by atoms with Crippen LogP contribution in [0.5, 0.6) is 0 Å². The van der Waals surface area contributed by atoms with Gasteiger partial charge in [0.2, 0.25) is 10.0 Å². The number of aromatic nitrogens is 2. The third-order valence-corrected chi connectivity index (χ3v) is 4.07. The summed E-state index contributed by atoms with van der Waals surface area (Å²) in [4.78, 5) is 0.126. The quantitative estimate of drug-likeness (QED) is 0.508. The standard InChI is InChI=1S/C12H23N3O5S/c1-19-8-9-20-7-2-4-14-21(17,18)12-10-13-15(11-12)5-3-6-16/h10-11,14,16H,2-9H2,1H3. The molecule has 1 heterocycles. The largest absolute Gasteiger partial charge is 0.396 e. The SMILES string of the molecule is COCCOCCCNS(=O)(=O)c1cnn(CCCO)c1. The van der Waals surface area contributed by atoms with Crippen molar-refractivity contribution in [3.8, 4) is 0 Å². The van der Waals surface area contributed by atoms with Gasteiger partial charge in [0.15, 0.2) is 0 Å². The molecule has 0 spiro atoms. The topological polar surface area (TPSA) is 103 Å². The van der Waals surface area contributed by atoms with Gasteiger partial charge in [0.05, 0.1) is 19.4 Å². The van der Waals surface area contributed by atoms with Crippen LogP contribution in [0.4, 0.5) is 0 Å². The second kappa shape index (κ2) is 9.85. The van der Waals surface area contributed by atoms with Gasteiger partial charge in [-0.25, -0.2) is 13.1 Å². The van der Waals surface area contributed by atoms with E-state index in [4.69, 9.17) is 14.6 Å². The average Bonchev–Trinajstić information content (AvgIpc) is 2.94. The summed E-state index contributed by atoms with van der Waals surface area (Å²) >= 11 is 0. The molecular formula is C12H23N3O5S. The number of hydrogen-bond acceptors (Lipinski definition) is 6. The molecule has 0 aliphatic rings. The van der Waals surface area contributed by atoms with Crippen molar-refractivity contribution >= 4 is 10.0 Å². The maximum atomic E-state index is 12.0. The number of methoxy groups -OCH3 is 1. The average molecular weight is 321 g/mol. The van der Waals surface area contributed by atoms with E-state index in [0.29, 0.717) is 45.8 Å². The molecule has 122 valence electrons. The van der Waals surface area contributed by atoms with Gasteiger partial charge in [0, 0.05) is 39.6 Å². The van der Waals surface area contributed by atoms with Crippen molar-refractivity contribution in [1.82, 2.24) is 14.5 Å². The van der Waals surface area contributed by atoms with E-state index >= 15 is 0 Å². The number of aliphatic hydroxyl groups excluding tert-OH is 1. The molecule has 8 nitrogen and oxygen atoms in total. The van der Waals surface area contributed by atoms with Crippen LogP contribution in [-0.4, -0.2) is 63.4 Å². The Morgan fingerprint density at radius 1 is 1.33 bits per heavy atom. The number of aliphatic hydroxyl groups is 1. The third-order valence-electron chi connectivity index (χ3n) is 2.65. The molecule has 0 amide bonds. The van der Waals surface area contributed by atoms with Gasteiger partial charge in [-0.15, -0.1) is 0 Å².